The highest BCUT2D eigenvalue weighted by atomic mass is 35.5. The molecule has 1 fully saturated rings. The third-order valence-electron chi connectivity index (χ3n) is 4.32. The fourth-order valence-electron chi connectivity index (χ4n) is 2.86. The lowest BCUT2D eigenvalue weighted by molar-refractivity contribution is -0.119. The molecule has 29 heavy (non-hydrogen) atoms. The Hall–Kier alpha value is -1.58. The number of nitrogens with one attached hydrogen (secondary N) is 1. The van der Waals surface area contributed by atoms with E-state index in [1.165, 1.54) is 18.9 Å². The van der Waals surface area contributed by atoms with Crippen LogP contribution in [0, 0.1) is 0 Å². The van der Waals surface area contributed by atoms with Crippen LogP contribution in [0.25, 0.3) is 0 Å². The molecule has 1 aromatic heterocycles. The van der Waals surface area contributed by atoms with Crippen molar-refractivity contribution in [2.75, 3.05) is 39.1 Å². The zero-order valence-corrected chi connectivity index (χ0v) is 18.3. The van der Waals surface area contributed by atoms with E-state index in [-0.39, 0.29) is 17.8 Å². The summed E-state index contributed by atoms with van der Waals surface area (Å²) in [7, 11) is 1.53. The van der Waals surface area contributed by atoms with Crippen LogP contribution in [0.4, 0.5) is 0 Å². The van der Waals surface area contributed by atoms with Gasteiger partial charge in [-0.15, -0.1) is 10.2 Å². The van der Waals surface area contributed by atoms with E-state index >= 15 is 0 Å². The minimum Gasteiger partial charge on any atom is -0.480 e. The number of methoxy groups -OCH3 is 1. The molecule has 0 bridgehead atoms. The monoisotopic (exact) mass is 456 g/mol. The van der Waals surface area contributed by atoms with Crippen molar-refractivity contribution in [1.29, 1.82) is 0 Å². The largest absolute Gasteiger partial charge is 0.480 e. The maximum atomic E-state index is 12.1. The number of aromatic nitrogens is 2. The van der Waals surface area contributed by atoms with Crippen molar-refractivity contribution in [3.8, 4) is 5.88 Å². The maximum absolute atomic E-state index is 12.1. The number of hydrogen-bond donors (Lipinski definition) is 1. The Balaban J connectivity index is 1.40. The van der Waals surface area contributed by atoms with Crippen LogP contribution in [-0.2, 0) is 16.1 Å². The van der Waals surface area contributed by atoms with E-state index < -0.39 is 0 Å². The molecule has 1 unspecified atom stereocenters. The van der Waals surface area contributed by atoms with E-state index in [9.17, 15) is 4.79 Å². The van der Waals surface area contributed by atoms with Crippen LogP contribution in [0.2, 0.25) is 10.0 Å². The van der Waals surface area contributed by atoms with Crippen LogP contribution in [0.5, 0.6) is 5.88 Å². The van der Waals surface area contributed by atoms with Gasteiger partial charge in [0.05, 0.1) is 35.6 Å². The molecule has 0 aliphatic carbocycles. The molecule has 0 radical (unpaired) electrons. The highest BCUT2D eigenvalue weighted by molar-refractivity contribution is 7.99. The smallest absolute Gasteiger partial charge is 0.233 e. The second-order valence-electron chi connectivity index (χ2n) is 6.48. The molecule has 0 saturated carbocycles. The van der Waals surface area contributed by atoms with E-state index in [0.717, 1.165) is 25.2 Å². The summed E-state index contributed by atoms with van der Waals surface area (Å²) in [6.45, 7) is 3.41. The number of amides is 1. The molecule has 2 aromatic rings. The fourth-order valence-corrected chi connectivity index (χ4v) is 3.82. The number of carbonyl (C=O) groups excluding carboxylic acids is 1. The number of carbonyl (C=O) groups is 1. The first kappa shape index (κ1) is 22.1. The van der Waals surface area contributed by atoms with Crippen LogP contribution in [-0.4, -0.2) is 66.2 Å². The van der Waals surface area contributed by atoms with E-state index in [1.807, 2.05) is 18.2 Å². The van der Waals surface area contributed by atoms with Crippen molar-refractivity contribution in [2.24, 2.45) is 0 Å². The molecule has 2 heterocycles. The lowest BCUT2D eigenvalue weighted by Crippen LogP contribution is -2.47. The Labute approximate surface area is 184 Å². The number of nitrogens with zero attached hydrogens (tertiary/aromatic N) is 3. The van der Waals surface area contributed by atoms with Crippen LogP contribution < -0.4 is 10.1 Å². The quantitative estimate of drug-likeness (QED) is 0.611. The molecule has 3 rings (SSSR count). The van der Waals surface area contributed by atoms with Crippen LogP contribution in [0.15, 0.2) is 35.4 Å². The summed E-state index contributed by atoms with van der Waals surface area (Å²) in [6.07, 6.45) is -0.0544. The molecule has 1 aliphatic heterocycles. The number of hydrogen-bond acceptors (Lipinski definition) is 7. The van der Waals surface area contributed by atoms with Gasteiger partial charge in [0.15, 0.2) is 0 Å². The average Bonchev–Trinajstić information content (AvgIpc) is 2.74. The minimum absolute atomic E-state index is 0.0544. The van der Waals surface area contributed by atoms with Gasteiger partial charge in [-0.3, -0.25) is 9.69 Å². The number of ether oxygens (including phenoxy) is 2. The number of thioether (sulfide) groups is 1. The van der Waals surface area contributed by atoms with Crippen molar-refractivity contribution < 1.29 is 14.3 Å². The van der Waals surface area contributed by atoms with Crippen LogP contribution in [0.3, 0.4) is 0 Å². The summed E-state index contributed by atoms with van der Waals surface area (Å²) in [5.74, 6) is 0.636. The first-order valence-corrected chi connectivity index (χ1v) is 10.8. The molecule has 1 aromatic carbocycles. The first-order chi connectivity index (χ1) is 14.0. The number of rotatable bonds is 8. The number of morpholine rings is 1. The Kier molecular flexibility index (Phi) is 8.38. The Bertz CT molecular complexity index is 826. The summed E-state index contributed by atoms with van der Waals surface area (Å²) in [4.78, 5) is 14.4. The van der Waals surface area contributed by atoms with E-state index in [4.69, 9.17) is 32.7 Å². The molecule has 1 amide bonds. The van der Waals surface area contributed by atoms with Gasteiger partial charge >= 0.3 is 0 Å². The lowest BCUT2D eigenvalue weighted by Gasteiger charge is -2.33. The zero-order chi connectivity index (χ0) is 20.6. The second kappa shape index (κ2) is 11.0. The second-order valence-corrected chi connectivity index (χ2v) is 8.29. The van der Waals surface area contributed by atoms with Gasteiger partial charge in [-0.25, -0.2) is 0 Å². The van der Waals surface area contributed by atoms with Crippen molar-refractivity contribution in [2.45, 2.75) is 17.7 Å². The standard InChI is InChI=1S/C19H22Cl2N4O3S/c1-27-18-4-5-19(24-23-18)29-12-17(26)22-9-14-11-25(6-7-28-14)10-13-2-3-15(20)16(21)8-13/h2-5,8,14H,6-7,9-12H2,1H3,(H,22,26). The predicted molar refractivity (Wildman–Crippen MR) is 114 cm³/mol. The summed E-state index contributed by atoms with van der Waals surface area (Å²) >= 11 is 13.4. The minimum atomic E-state index is -0.0715. The van der Waals surface area contributed by atoms with E-state index in [2.05, 4.69) is 20.4 Å². The van der Waals surface area contributed by atoms with E-state index in [1.54, 1.807) is 12.1 Å². The molecular formula is C19H22Cl2N4O3S. The number of benzene rings is 1. The maximum Gasteiger partial charge on any atom is 0.233 e. The van der Waals surface area contributed by atoms with Crippen molar-refractivity contribution in [1.82, 2.24) is 20.4 Å². The fraction of sp³-hybridized carbons (Fsp3) is 0.421. The molecule has 1 aliphatic rings. The molecule has 1 N–H and O–H groups in total. The Morgan fingerprint density at radius 1 is 1.31 bits per heavy atom. The number of halogens is 2. The third kappa shape index (κ3) is 7.01. The molecule has 156 valence electrons. The topological polar surface area (TPSA) is 76.6 Å². The van der Waals surface area contributed by atoms with Crippen LogP contribution in [0.1, 0.15) is 5.56 Å². The molecule has 1 atom stereocenters. The molecule has 10 heteroatoms. The first-order valence-electron chi connectivity index (χ1n) is 9.08. The summed E-state index contributed by atoms with van der Waals surface area (Å²) in [5, 5.41) is 12.6. The molecule has 0 spiro atoms. The van der Waals surface area contributed by atoms with Crippen molar-refractivity contribution >= 4 is 40.9 Å². The highest BCUT2D eigenvalue weighted by Crippen LogP contribution is 2.23. The van der Waals surface area contributed by atoms with Crippen molar-refractivity contribution in [3.63, 3.8) is 0 Å². The van der Waals surface area contributed by atoms with Gasteiger partial charge in [-0.1, -0.05) is 41.0 Å². The normalized spacial score (nSPS) is 17.1. The summed E-state index contributed by atoms with van der Waals surface area (Å²) < 4.78 is 10.7. The zero-order valence-electron chi connectivity index (χ0n) is 15.9. The SMILES string of the molecule is COc1ccc(SCC(=O)NCC2CN(Cc3ccc(Cl)c(Cl)c3)CCO2)nn1. The van der Waals surface area contributed by atoms with Gasteiger partial charge in [-0.2, -0.15) is 0 Å². The Morgan fingerprint density at radius 2 is 2.17 bits per heavy atom. The van der Waals surface area contributed by atoms with Crippen LogP contribution >= 0.6 is 35.0 Å². The van der Waals surface area contributed by atoms with Gasteiger partial charge in [0.25, 0.3) is 0 Å². The summed E-state index contributed by atoms with van der Waals surface area (Å²) in [5.41, 5.74) is 1.10. The molecular weight excluding hydrogens is 435 g/mol. The third-order valence-corrected chi connectivity index (χ3v) is 5.97. The molecule has 7 nitrogen and oxygen atoms in total. The van der Waals surface area contributed by atoms with Gasteiger partial charge in [0.2, 0.25) is 11.8 Å². The van der Waals surface area contributed by atoms with Gasteiger partial charge in [0, 0.05) is 32.2 Å². The van der Waals surface area contributed by atoms with Gasteiger partial charge in [0.1, 0.15) is 5.03 Å². The highest BCUT2D eigenvalue weighted by Gasteiger charge is 2.21. The Morgan fingerprint density at radius 3 is 2.90 bits per heavy atom. The van der Waals surface area contributed by atoms with Gasteiger partial charge < -0.3 is 14.8 Å². The van der Waals surface area contributed by atoms with E-state index in [0.29, 0.717) is 34.1 Å². The van der Waals surface area contributed by atoms with Crippen molar-refractivity contribution in [3.05, 3.63) is 45.9 Å². The molecule has 1 saturated heterocycles. The van der Waals surface area contributed by atoms with Gasteiger partial charge in [-0.05, 0) is 23.8 Å². The lowest BCUT2D eigenvalue weighted by atomic mass is 10.2. The average molecular weight is 457 g/mol. The predicted octanol–water partition coefficient (Wildman–Crippen LogP) is 2.90. The summed E-state index contributed by atoms with van der Waals surface area (Å²) in [6, 6.07) is 9.15.